The minimum Gasteiger partial charge on any atom is -0.480 e. The van der Waals surface area contributed by atoms with Crippen LogP contribution >= 0.6 is 0 Å². The van der Waals surface area contributed by atoms with Crippen molar-refractivity contribution >= 4 is 12.0 Å². The number of carboxylic acids is 1. The molecule has 6 nitrogen and oxygen atoms in total. The molecule has 0 radical (unpaired) electrons. The van der Waals surface area contributed by atoms with E-state index in [0.717, 1.165) is 25.7 Å². The summed E-state index contributed by atoms with van der Waals surface area (Å²) in [6.07, 6.45) is 3.01. The van der Waals surface area contributed by atoms with Crippen LogP contribution in [0.3, 0.4) is 0 Å². The number of hydrogen-bond donors (Lipinski definition) is 4. The molecule has 2 amide bonds. The fraction of sp³-hybridized carbons (Fsp3) is 0.846. The summed E-state index contributed by atoms with van der Waals surface area (Å²) < 4.78 is 0. The first-order valence-corrected chi connectivity index (χ1v) is 6.72. The lowest BCUT2D eigenvalue weighted by atomic mass is 9.73. The van der Waals surface area contributed by atoms with E-state index in [4.69, 9.17) is 5.11 Å². The number of aliphatic hydroxyl groups is 1. The van der Waals surface area contributed by atoms with Crippen LogP contribution in [0.15, 0.2) is 0 Å². The first-order valence-electron chi connectivity index (χ1n) is 6.72. The maximum absolute atomic E-state index is 11.8. The summed E-state index contributed by atoms with van der Waals surface area (Å²) in [5, 5.41) is 23.3. The predicted molar refractivity (Wildman–Crippen MR) is 70.8 cm³/mol. The Kier molecular flexibility index (Phi) is 5.17. The van der Waals surface area contributed by atoms with Gasteiger partial charge in [0.25, 0.3) is 0 Å². The average molecular weight is 272 g/mol. The van der Waals surface area contributed by atoms with Crippen LogP contribution in [-0.4, -0.2) is 40.4 Å². The van der Waals surface area contributed by atoms with Gasteiger partial charge in [0.2, 0.25) is 0 Å². The van der Waals surface area contributed by atoms with Crippen molar-refractivity contribution in [1.82, 2.24) is 10.6 Å². The maximum atomic E-state index is 11.8. The maximum Gasteiger partial charge on any atom is 0.328 e. The van der Waals surface area contributed by atoms with Crippen molar-refractivity contribution in [2.24, 2.45) is 5.41 Å². The number of aliphatic hydroxyl groups excluding tert-OH is 1. The molecule has 1 rings (SSSR count). The van der Waals surface area contributed by atoms with Crippen LogP contribution in [0.2, 0.25) is 0 Å². The Morgan fingerprint density at radius 2 is 1.95 bits per heavy atom. The molecule has 4 N–H and O–H groups in total. The molecule has 0 saturated heterocycles. The van der Waals surface area contributed by atoms with Gasteiger partial charge in [-0.3, -0.25) is 0 Å². The van der Waals surface area contributed by atoms with Gasteiger partial charge >= 0.3 is 12.0 Å². The number of urea groups is 1. The Balaban J connectivity index is 2.56. The van der Waals surface area contributed by atoms with Crippen LogP contribution in [0.25, 0.3) is 0 Å². The molecule has 1 saturated carbocycles. The van der Waals surface area contributed by atoms with Crippen molar-refractivity contribution in [3.05, 3.63) is 0 Å². The summed E-state index contributed by atoms with van der Waals surface area (Å²) in [6.45, 7) is 5.53. The van der Waals surface area contributed by atoms with E-state index in [0.29, 0.717) is 0 Å². The lowest BCUT2D eigenvalue weighted by molar-refractivity contribution is -0.141. The third kappa shape index (κ3) is 4.38. The molecule has 0 aliphatic heterocycles. The number of nitrogens with one attached hydrogen (secondary N) is 2. The molecule has 110 valence electrons. The summed E-state index contributed by atoms with van der Waals surface area (Å²) in [7, 11) is 0. The SMILES string of the molecule is C[C@@H](O)[C@H](NC(=O)NC1CCCCC1(C)C)C(=O)O. The van der Waals surface area contributed by atoms with Crippen molar-refractivity contribution in [2.75, 3.05) is 0 Å². The van der Waals surface area contributed by atoms with Crippen LogP contribution in [0.4, 0.5) is 4.79 Å². The minimum atomic E-state index is -1.29. The van der Waals surface area contributed by atoms with Crippen molar-refractivity contribution in [3.8, 4) is 0 Å². The molecule has 0 aromatic rings. The molecule has 1 unspecified atom stereocenters. The molecule has 0 aromatic heterocycles. The highest BCUT2D eigenvalue weighted by Crippen LogP contribution is 2.35. The van der Waals surface area contributed by atoms with Crippen molar-refractivity contribution in [2.45, 2.75) is 64.6 Å². The van der Waals surface area contributed by atoms with Gasteiger partial charge in [0.1, 0.15) is 0 Å². The van der Waals surface area contributed by atoms with Gasteiger partial charge in [0.15, 0.2) is 6.04 Å². The van der Waals surface area contributed by atoms with Gasteiger partial charge in [0, 0.05) is 6.04 Å². The molecule has 1 fully saturated rings. The van der Waals surface area contributed by atoms with Gasteiger partial charge in [-0.15, -0.1) is 0 Å². The summed E-state index contributed by atoms with van der Waals surface area (Å²) in [5.41, 5.74) is 0.0130. The van der Waals surface area contributed by atoms with Crippen LogP contribution in [0.5, 0.6) is 0 Å². The molecular weight excluding hydrogens is 248 g/mol. The number of hydrogen-bond acceptors (Lipinski definition) is 3. The molecular formula is C13H24N2O4. The molecule has 0 bridgehead atoms. The Labute approximate surface area is 113 Å². The normalized spacial score (nSPS) is 25.2. The van der Waals surface area contributed by atoms with E-state index in [-0.39, 0.29) is 11.5 Å². The zero-order chi connectivity index (χ0) is 14.6. The lowest BCUT2D eigenvalue weighted by Gasteiger charge is -2.39. The van der Waals surface area contributed by atoms with Gasteiger partial charge in [0.05, 0.1) is 6.10 Å². The summed E-state index contributed by atoms with van der Waals surface area (Å²) in [6, 6.07) is -1.79. The summed E-state index contributed by atoms with van der Waals surface area (Å²) in [5.74, 6) is -1.24. The second-order valence-corrected chi connectivity index (χ2v) is 5.96. The summed E-state index contributed by atoms with van der Waals surface area (Å²) >= 11 is 0. The Morgan fingerprint density at radius 1 is 1.32 bits per heavy atom. The molecule has 1 aliphatic rings. The number of amides is 2. The second-order valence-electron chi connectivity index (χ2n) is 5.96. The minimum absolute atomic E-state index is 0.0130. The largest absolute Gasteiger partial charge is 0.480 e. The highest BCUT2D eigenvalue weighted by atomic mass is 16.4. The molecule has 1 aliphatic carbocycles. The van der Waals surface area contributed by atoms with E-state index < -0.39 is 24.1 Å². The van der Waals surface area contributed by atoms with E-state index >= 15 is 0 Å². The number of aliphatic carboxylic acids is 1. The van der Waals surface area contributed by atoms with Gasteiger partial charge < -0.3 is 20.8 Å². The topological polar surface area (TPSA) is 98.7 Å². The van der Waals surface area contributed by atoms with Gasteiger partial charge in [-0.25, -0.2) is 9.59 Å². The smallest absolute Gasteiger partial charge is 0.328 e. The Hall–Kier alpha value is -1.30. The van der Waals surface area contributed by atoms with Crippen molar-refractivity contribution in [3.63, 3.8) is 0 Å². The van der Waals surface area contributed by atoms with Crippen LogP contribution in [0, 0.1) is 5.41 Å². The fourth-order valence-corrected chi connectivity index (χ4v) is 2.49. The average Bonchev–Trinajstić information content (AvgIpc) is 2.28. The number of carbonyl (C=O) groups is 2. The van der Waals surface area contributed by atoms with Crippen LogP contribution in [-0.2, 0) is 4.79 Å². The number of carbonyl (C=O) groups excluding carboxylic acids is 1. The molecule has 6 heteroatoms. The number of carboxylic acid groups (broad SMARTS) is 1. The third-order valence-corrected chi connectivity index (χ3v) is 3.85. The molecule has 0 aromatic carbocycles. The van der Waals surface area contributed by atoms with E-state index in [1.165, 1.54) is 6.92 Å². The second kappa shape index (κ2) is 6.23. The number of rotatable bonds is 4. The first-order chi connectivity index (χ1) is 8.74. The van der Waals surface area contributed by atoms with Crippen molar-refractivity contribution in [1.29, 1.82) is 0 Å². The standard InChI is InChI=1S/C13H24N2O4/c1-8(16)10(11(17)18)15-12(19)14-9-6-4-5-7-13(9,2)3/h8-10,16H,4-7H2,1-3H3,(H,17,18)(H2,14,15,19)/t8-,9?,10+/m1/s1. The van der Waals surface area contributed by atoms with Gasteiger partial charge in [-0.2, -0.15) is 0 Å². The van der Waals surface area contributed by atoms with E-state index in [1.807, 2.05) is 0 Å². The quantitative estimate of drug-likeness (QED) is 0.615. The van der Waals surface area contributed by atoms with E-state index in [9.17, 15) is 14.7 Å². The third-order valence-electron chi connectivity index (χ3n) is 3.85. The summed E-state index contributed by atoms with van der Waals surface area (Å²) in [4.78, 5) is 22.7. The predicted octanol–water partition coefficient (Wildman–Crippen LogP) is 1.09. The van der Waals surface area contributed by atoms with Gasteiger partial charge in [-0.1, -0.05) is 26.7 Å². The van der Waals surface area contributed by atoms with Crippen LogP contribution < -0.4 is 10.6 Å². The van der Waals surface area contributed by atoms with E-state index in [1.54, 1.807) is 0 Å². The molecule has 0 spiro atoms. The van der Waals surface area contributed by atoms with Crippen LogP contribution in [0.1, 0.15) is 46.5 Å². The fourth-order valence-electron chi connectivity index (χ4n) is 2.49. The van der Waals surface area contributed by atoms with E-state index in [2.05, 4.69) is 24.5 Å². The lowest BCUT2D eigenvalue weighted by Crippen LogP contribution is -2.56. The zero-order valence-corrected chi connectivity index (χ0v) is 11.8. The monoisotopic (exact) mass is 272 g/mol. The highest BCUT2D eigenvalue weighted by Gasteiger charge is 2.34. The molecule has 19 heavy (non-hydrogen) atoms. The zero-order valence-electron chi connectivity index (χ0n) is 11.8. The molecule has 3 atom stereocenters. The first kappa shape index (κ1) is 15.8. The van der Waals surface area contributed by atoms with Crippen molar-refractivity contribution < 1.29 is 19.8 Å². The Morgan fingerprint density at radius 3 is 2.42 bits per heavy atom. The molecule has 0 heterocycles. The van der Waals surface area contributed by atoms with Gasteiger partial charge in [-0.05, 0) is 25.2 Å². The highest BCUT2D eigenvalue weighted by molar-refractivity contribution is 5.83. The Bertz CT molecular complexity index is 342.